The maximum Gasteiger partial charge on any atom is 0.166 e. The predicted octanol–water partition coefficient (Wildman–Crippen LogP) is -0.684. The summed E-state index contributed by atoms with van der Waals surface area (Å²) in [6.07, 6.45) is 0. The minimum absolute atomic E-state index is 0.659. The molecule has 0 aromatic carbocycles. The number of thiocarbonyl (C=S) groups is 1. The number of ether oxygens (including phenoxy) is 1. The van der Waals surface area contributed by atoms with E-state index in [1.165, 1.54) is 0 Å². The zero-order valence-corrected chi connectivity index (χ0v) is 8.46. The van der Waals surface area contributed by atoms with E-state index in [0.717, 1.165) is 19.7 Å². The Kier molecular flexibility index (Phi) is 8.42. The summed E-state index contributed by atoms with van der Waals surface area (Å²) < 4.78 is 5.26. The van der Waals surface area contributed by atoms with Crippen molar-refractivity contribution in [3.8, 4) is 0 Å². The van der Waals surface area contributed by atoms with Gasteiger partial charge in [0.25, 0.3) is 0 Å². The maximum atomic E-state index is 5.26. The highest BCUT2D eigenvalue weighted by atomic mass is 32.1. The molecule has 0 saturated carbocycles. The molecule has 5 heteroatoms. The molecule has 0 aromatic heterocycles. The molecule has 0 heterocycles. The molecule has 0 radical (unpaired) electrons. The Morgan fingerprint density at radius 2 is 1.92 bits per heavy atom. The largest absolute Gasteiger partial charge is 0.378 e. The molecule has 0 saturated heterocycles. The fraction of sp³-hybridized carbons (Fsp3) is 0.857. The van der Waals surface area contributed by atoms with Crippen molar-refractivity contribution in [3.05, 3.63) is 0 Å². The lowest BCUT2D eigenvalue weighted by atomic mass is 10.6. The second kappa shape index (κ2) is 8.70. The van der Waals surface area contributed by atoms with E-state index in [0.29, 0.717) is 11.7 Å². The third kappa shape index (κ3) is 7.71. The van der Waals surface area contributed by atoms with Crippen LogP contribution in [0.4, 0.5) is 0 Å². The van der Waals surface area contributed by atoms with Gasteiger partial charge < -0.3 is 20.7 Å². The molecular weight excluding hydrogens is 174 g/mol. The van der Waals surface area contributed by atoms with Gasteiger partial charge in [0.05, 0.1) is 13.2 Å². The first-order valence-electron chi connectivity index (χ1n) is 3.99. The first-order chi connectivity index (χ1) is 5.81. The Bertz CT molecular complexity index is 121. The summed E-state index contributed by atoms with van der Waals surface area (Å²) in [6.45, 7) is 3.06. The molecule has 0 fully saturated rings. The van der Waals surface area contributed by atoms with Gasteiger partial charge in [0.2, 0.25) is 0 Å². The first kappa shape index (κ1) is 11.6. The highest BCUT2D eigenvalue weighted by Crippen LogP contribution is 1.71. The molecule has 0 aliphatic carbocycles. The summed E-state index contributed by atoms with van der Waals surface area (Å²) in [6, 6.07) is 0. The van der Waals surface area contributed by atoms with Crippen molar-refractivity contribution in [2.45, 2.75) is 0 Å². The molecule has 0 amide bonds. The van der Waals surface area contributed by atoms with Crippen molar-refractivity contribution >= 4 is 17.3 Å². The summed E-state index contributed by atoms with van der Waals surface area (Å²) in [4.78, 5) is 0. The second-order valence-electron chi connectivity index (χ2n) is 2.22. The summed E-state index contributed by atoms with van der Waals surface area (Å²) in [7, 11) is 3.69. The Hall–Kier alpha value is -0.390. The summed E-state index contributed by atoms with van der Waals surface area (Å²) >= 11 is 4.87. The molecule has 0 atom stereocenters. The SMILES string of the molecule is CNCCOCCNC(=S)NC. The molecule has 3 N–H and O–H groups in total. The zero-order valence-electron chi connectivity index (χ0n) is 7.64. The predicted molar refractivity (Wildman–Crippen MR) is 54.4 cm³/mol. The van der Waals surface area contributed by atoms with Crippen LogP contribution in [0.2, 0.25) is 0 Å². The van der Waals surface area contributed by atoms with Crippen LogP contribution < -0.4 is 16.0 Å². The lowest BCUT2D eigenvalue weighted by Gasteiger charge is -2.07. The van der Waals surface area contributed by atoms with Gasteiger partial charge in [0.1, 0.15) is 0 Å². The molecule has 0 aliphatic heterocycles. The van der Waals surface area contributed by atoms with Gasteiger partial charge in [0, 0.05) is 20.1 Å². The van der Waals surface area contributed by atoms with Crippen LogP contribution in [0.15, 0.2) is 0 Å². The Morgan fingerprint density at radius 1 is 1.25 bits per heavy atom. The van der Waals surface area contributed by atoms with Gasteiger partial charge in [-0.1, -0.05) is 0 Å². The highest BCUT2D eigenvalue weighted by molar-refractivity contribution is 7.80. The lowest BCUT2D eigenvalue weighted by molar-refractivity contribution is 0.142. The van der Waals surface area contributed by atoms with Crippen LogP contribution in [0.25, 0.3) is 0 Å². The van der Waals surface area contributed by atoms with Crippen molar-refractivity contribution in [2.75, 3.05) is 40.4 Å². The topological polar surface area (TPSA) is 45.3 Å². The maximum absolute atomic E-state index is 5.26. The fourth-order valence-corrected chi connectivity index (χ4v) is 0.703. The van der Waals surface area contributed by atoms with Gasteiger partial charge in [-0.2, -0.15) is 0 Å². The van der Waals surface area contributed by atoms with Gasteiger partial charge in [-0.3, -0.25) is 0 Å². The van der Waals surface area contributed by atoms with Gasteiger partial charge in [0.15, 0.2) is 5.11 Å². The van der Waals surface area contributed by atoms with Crippen LogP contribution in [-0.4, -0.2) is 45.5 Å². The monoisotopic (exact) mass is 191 g/mol. The third-order valence-corrected chi connectivity index (χ3v) is 1.60. The van der Waals surface area contributed by atoms with Crippen molar-refractivity contribution in [3.63, 3.8) is 0 Å². The van der Waals surface area contributed by atoms with Crippen LogP contribution in [0.3, 0.4) is 0 Å². The zero-order chi connectivity index (χ0) is 9.23. The van der Waals surface area contributed by atoms with Gasteiger partial charge >= 0.3 is 0 Å². The quantitative estimate of drug-likeness (QED) is 0.383. The number of likely N-dealkylation sites (N-methyl/N-ethyl adjacent to an activating group) is 1. The van der Waals surface area contributed by atoms with Crippen LogP contribution in [0.5, 0.6) is 0 Å². The van der Waals surface area contributed by atoms with E-state index in [1.807, 2.05) is 7.05 Å². The minimum atomic E-state index is 0.659. The van der Waals surface area contributed by atoms with Crippen LogP contribution >= 0.6 is 12.2 Å². The molecule has 12 heavy (non-hydrogen) atoms. The van der Waals surface area contributed by atoms with E-state index in [4.69, 9.17) is 17.0 Å². The molecule has 0 spiro atoms. The van der Waals surface area contributed by atoms with Gasteiger partial charge in [-0.15, -0.1) is 0 Å². The summed E-state index contributed by atoms with van der Waals surface area (Å²) in [5.74, 6) is 0. The molecule has 0 rings (SSSR count). The molecule has 0 aromatic rings. The van der Waals surface area contributed by atoms with Crippen molar-refractivity contribution in [2.24, 2.45) is 0 Å². The molecule has 0 unspecified atom stereocenters. The van der Waals surface area contributed by atoms with Crippen molar-refractivity contribution in [1.29, 1.82) is 0 Å². The summed E-state index contributed by atoms with van der Waals surface area (Å²) in [5, 5.41) is 9.46. The van der Waals surface area contributed by atoms with Gasteiger partial charge in [-0.25, -0.2) is 0 Å². The number of hydrogen-bond donors (Lipinski definition) is 3. The normalized spacial score (nSPS) is 9.50. The van der Waals surface area contributed by atoms with E-state index < -0.39 is 0 Å². The second-order valence-corrected chi connectivity index (χ2v) is 2.63. The molecular formula is C7H17N3OS. The highest BCUT2D eigenvalue weighted by Gasteiger charge is 1.89. The Labute approximate surface area is 79.1 Å². The van der Waals surface area contributed by atoms with E-state index in [1.54, 1.807) is 7.05 Å². The van der Waals surface area contributed by atoms with E-state index >= 15 is 0 Å². The van der Waals surface area contributed by atoms with Crippen LogP contribution in [-0.2, 0) is 4.74 Å². The summed E-state index contributed by atoms with van der Waals surface area (Å²) in [5.41, 5.74) is 0. The molecule has 0 bridgehead atoms. The lowest BCUT2D eigenvalue weighted by Crippen LogP contribution is -2.34. The number of nitrogens with one attached hydrogen (secondary N) is 3. The number of hydrogen-bond acceptors (Lipinski definition) is 3. The first-order valence-corrected chi connectivity index (χ1v) is 4.40. The van der Waals surface area contributed by atoms with Crippen molar-refractivity contribution in [1.82, 2.24) is 16.0 Å². The average Bonchev–Trinajstić information content (AvgIpc) is 2.10. The van der Waals surface area contributed by atoms with Crippen molar-refractivity contribution < 1.29 is 4.74 Å². The van der Waals surface area contributed by atoms with E-state index in [2.05, 4.69) is 16.0 Å². The van der Waals surface area contributed by atoms with Crippen LogP contribution in [0, 0.1) is 0 Å². The Morgan fingerprint density at radius 3 is 2.50 bits per heavy atom. The number of rotatable bonds is 6. The minimum Gasteiger partial charge on any atom is -0.378 e. The fourth-order valence-electron chi connectivity index (χ4n) is 0.601. The van der Waals surface area contributed by atoms with Gasteiger partial charge in [-0.05, 0) is 19.3 Å². The molecule has 0 aliphatic rings. The standard InChI is InChI=1S/C7H17N3OS/c1-8-3-5-11-6-4-10-7(12)9-2/h8H,3-6H2,1-2H3,(H2,9,10,12). The molecule has 72 valence electrons. The van der Waals surface area contributed by atoms with E-state index in [-0.39, 0.29) is 0 Å². The molecule has 4 nitrogen and oxygen atoms in total. The average molecular weight is 191 g/mol. The van der Waals surface area contributed by atoms with Crippen LogP contribution in [0.1, 0.15) is 0 Å². The van der Waals surface area contributed by atoms with E-state index in [9.17, 15) is 0 Å². The third-order valence-electron chi connectivity index (χ3n) is 1.26. The smallest absolute Gasteiger partial charge is 0.166 e. The Balaban J connectivity index is 2.95.